The lowest BCUT2D eigenvalue weighted by Gasteiger charge is -2.36. The lowest BCUT2D eigenvalue weighted by molar-refractivity contribution is -0.139. The lowest BCUT2D eigenvalue weighted by Crippen LogP contribution is -2.49. The van der Waals surface area contributed by atoms with Gasteiger partial charge in [0, 0.05) is 19.2 Å². The number of hydrogen-bond donors (Lipinski definition) is 1. The van der Waals surface area contributed by atoms with Crippen LogP contribution < -0.4 is 5.32 Å². The van der Waals surface area contributed by atoms with Gasteiger partial charge in [0.25, 0.3) is 0 Å². The van der Waals surface area contributed by atoms with Crippen molar-refractivity contribution < 1.29 is 9.53 Å². The van der Waals surface area contributed by atoms with E-state index in [-0.39, 0.29) is 12.0 Å². The third kappa shape index (κ3) is 2.80. The third-order valence-electron chi connectivity index (χ3n) is 4.07. The van der Waals surface area contributed by atoms with Gasteiger partial charge in [-0.05, 0) is 46.2 Å². The van der Waals surface area contributed by atoms with E-state index in [4.69, 9.17) is 4.74 Å². The van der Waals surface area contributed by atoms with Crippen LogP contribution in [0.4, 0.5) is 0 Å². The molecule has 2 rings (SSSR count). The Kier molecular flexibility index (Phi) is 4.40. The maximum Gasteiger partial charge on any atom is 0.228 e. The molecule has 0 bridgehead atoms. The van der Waals surface area contributed by atoms with Crippen LogP contribution in [-0.4, -0.2) is 49.2 Å². The molecule has 98 valence electrons. The van der Waals surface area contributed by atoms with Gasteiger partial charge in [0.15, 0.2) is 0 Å². The molecule has 2 atom stereocenters. The molecule has 2 unspecified atom stereocenters. The van der Waals surface area contributed by atoms with Crippen LogP contribution in [0.2, 0.25) is 0 Å². The number of carbonyl (C=O) groups excluding carboxylic acids is 1. The van der Waals surface area contributed by atoms with E-state index < -0.39 is 0 Å². The highest BCUT2D eigenvalue weighted by Crippen LogP contribution is 2.25. The second kappa shape index (κ2) is 5.83. The molecular weight excluding hydrogens is 216 g/mol. The Bertz CT molecular complexity index is 264. The van der Waals surface area contributed by atoms with Crippen LogP contribution in [0, 0.1) is 5.92 Å². The van der Waals surface area contributed by atoms with Crippen LogP contribution in [0.15, 0.2) is 0 Å². The van der Waals surface area contributed by atoms with Crippen molar-refractivity contribution in [2.45, 2.75) is 45.3 Å². The summed E-state index contributed by atoms with van der Waals surface area (Å²) in [6.07, 6.45) is 3.16. The topological polar surface area (TPSA) is 41.6 Å². The second-order valence-corrected chi connectivity index (χ2v) is 5.08. The number of piperidine rings is 1. The van der Waals surface area contributed by atoms with E-state index in [0.29, 0.717) is 11.9 Å². The average molecular weight is 240 g/mol. The van der Waals surface area contributed by atoms with Crippen LogP contribution in [0.25, 0.3) is 0 Å². The molecule has 2 heterocycles. The molecule has 0 aromatic carbocycles. The molecule has 2 saturated heterocycles. The van der Waals surface area contributed by atoms with Crippen molar-refractivity contribution in [3.05, 3.63) is 0 Å². The van der Waals surface area contributed by atoms with Crippen molar-refractivity contribution in [1.29, 1.82) is 0 Å². The number of nitrogens with zero attached hydrogens (tertiary/aromatic N) is 1. The van der Waals surface area contributed by atoms with Crippen molar-refractivity contribution in [2.75, 3.05) is 26.2 Å². The summed E-state index contributed by atoms with van der Waals surface area (Å²) >= 11 is 0. The maximum atomic E-state index is 12.5. The van der Waals surface area contributed by atoms with Crippen molar-refractivity contribution in [3.63, 3.8) is 0 Å². The summed E-state index contributed by atoms with van der Waals surface area (Å²) in [5.74, 6) is 0.397. The van der Waals surface area contributed by atoms with E-state index in [1.807, 2.05) is 6.92 Å². The average Bonchev–Trinajstić information content (AvgIpc) is 2.77. The van der Waals surface area contributed by atoms with Crippen molar-refractivity contribution in [3.8, 4) is 0 Å². The highest BCUT2D eigenvalue weighted by atomic mass is 16.5. The van der Waals surface area contributed by atoms with Crippen LogP contribution in [0.1, 0.15) is 33.1 Å². The van der Waals surface area contributed by atoms with Gasteiger partial charge in [-0.1, -0.05) is 0 Å². The molecule has 17 heavy (non-hydrogen) atoms. The second-order valence-electron chi connectivity index (χ2n) is 5.08. The van der Waals surface area contributed by atoms with Crippen LogP contribution >= 0.6 is 0 Å². The molecule has 4 nitrogen and oxygen atoms in total. The summed E-state index contributed by atoms with van der Waals surface area (Å²) < 4.78 is 5.51. The molecule has 2 fully saturated rings. The number of amides is 1. The van der Waals surface area contributed by atoms with E-state index >= 15 is 0 Å². The maximum absolute atomic E-state index is 12.5. The zero-order valence-corrected chi connectivity index (χ0v) is 10.9. The Balaban J connectivity index is 1.98. The van der Waals surface area contributed by atoms with Crippen molar-refractivity contribution in [2.24, 2.45) is 5.92 Å². The van der Waals surface area contributed by atoms with Gasteiger partial charge in [0.1, 0.15) is 0 Å². The van der Waals surface area contributed by atoms with Gasteiger partial charge in [-0.3, -0.25) is 4.79 Å². The molecule has 0 aromatic heterocycles. The van der Waals surface area contributed by atoms with E-state index in [0.717, 1.165) is 45.5 Å². The Hall–Kier alpha value is -0.610. The normalized spacial score (nSPS) is 30.5. The SMILES string of the molecule is CCN(C(=O)C1CCOC1C)C1CCNCC1. The Morgan fingerprint density at radius 2 is 2.06 bits per heavy atom. The largest absolute Gasteiger partial charge is 0.378 e. The summed E-state index contributed by atoms with van der Waals surface area (Å²) in [6.45, 7) is 7.73. The fourth-order valence-corrected chi connectivity index (χ4v) is 2.98. The monoisotopic (exact) mass is 240 g/mol. The first-order valence-corrected chi connectivity index (χ1v) is 6.86. The van der Waals surface area contributed by atoms with Gasteiger partial charge in [0.2, 0.25) is 5.91 Å². The molecular formula is C13H24N2O2. The fourth-order valence-electron chi connectivity index (χ4n) is 2.98. The van der Waals surface area contributed by atoms with E-state index in [9.17, 15) is 4.79 Å². The quantitative estimate of drug-likeness (QED) is 0.800. The molecule has 1 N–H and O–H groups in total. The summed E-state index contributed by atoms with van der Waals surface area (Å²) in [5, 5.41) is 3.35. The minimum Gasteiger partial charge on any atom is -0.378 e. The molecule has 0 aliphatic carbocycles. The molecule has 0 aromatic rings. The number of hydrogen-bond acceptors (Lipinski definition) is 3. The van der Waals surface area contributed by atoms with Gasteiger partial charge < -0.3 is 15.0 Å². The van der Waals surface area contributed by atoms with E-state index in [1.165, 1.54) is 0 Å². The number of rotatable bonds is 3. The minimum absolute atomic E-state index is 0.0878. The third-order valence-corrected chi connectivity index (χ3v) is 4.07. The zero-order chi connectivity index (χ0) is 12.3. The minimum atomic E-state index is 0.0878. The first-order chi connectivity index (χ1) is 8.24. The predicted octanol–water partition coefficient (Wildman–Crippen LogP) is 1.01. The summed E-state index contributed by atoms with van der Waals surface area (Å²) in [5.41, 5.74) is 0. The van der Waals surface area contributed by atoms with Crippen molar-refractivity contribution in [1.82, 2.24) is 10.2 Å². The summed E-state index contributed by atoms with van der Waals surface area (Å²) in [7, 11) is 0. The smallest absolute Gasteiger partial charge is 0.228 e. The lowest BCUT2D eigenvalue weighted by atomic mass is 9.97. The van der Waals surface area contributed by atoms with E-state index in [2.05, 4.69) is 17.1 Å². The number of ether oxygens (including phenoxy) is 1. The molecule has 4 heteroatoms. The Labute approximate surface area is 104 Å². The van der Waals surface area contributed by atoms with Gasteiger partial charge >= 0.3 is 0 Å². The van der Waals surface area contributed by atoms with Crippen LogP contribution in [0.3, 0.4) is 0 Å². The summed E-state index contributed by atoms with van der Waals surface area (Å²) in [4.78, 5) is 14.6. The molecule has 2 aliphatic rings. The van der Waals surface area contributed by atoms with Crippen LogP contribution in [0.5, 0.6) is 0 Å². The molecule has 1 amide bonds. The van der Waals surface area contributed by atoms with Gasteiger partial charge in [0.05, 0.1) is 12.0 Å². The molecule has 2 aliphatic heterocycles. The molecule has 0 saturated carbocycles. The highest BCUT2D eigenvalue weighted by molar-refractivity contribution is 5.80. The summed E-state index contributed by atoms with van der Waals surface area (Å²) in [6, 6.07) is 0.432. The molecule has 0 radical (unpaired) electrons. The fraction of sp³-hybridized carbons (Fsp3) is 0.923. The predicted molar refractivity (Wildman–Crippen MR) is 66.8 cm³/mol. The number of carbonyl (C=O) groups is 1. The van der Waals surface area contributed by atoms with Crippen LogP contribution in [-0.2, 0) is 9.53 Å². The van der Waals surface area contributed by atoms with Gasteiger partial charge in [-0.2, -0.15) is 0 Å². The highest BCUT2D eigenvalue weighted by Gasteiger charge is 2.35. The van der Waals surface area contributed by atoms with Crippen molar-refractivity contribution >= 4 is 5.91 Å². The standard InChI is InChI=1S/C13H24N2O2/c1-3-15(11-4-7-14-8-5-11)13(16)12-6-9-17-10(12)2/h10-12,14H,3-9H2,1-2H3. The zero-order valence-electron chi connectivity index (χ0n) is 10.9. The van der Waals surface area contributed by atoms with E-state index in [1.54, 1.807) is 0 Å². The van der Waals surface area contributed by atoms with Gasteiger partial charge in [-0.15, -0.1) is 0 Å². The Morgan fingerprint density at radius 3 is 2.59 bits per heavy atom. The molecule has 0 spiro atoms. The Morgan fingerprint density at radius 1 is 1.35 bits per heavy atom. The first-order valence-electron chi connectivity index (χ1n) is 6.86. The van der Waals surface area contributed by atoms with Gasteiger partial charge in [-0.25, -0.2) is 0 Å². The number of nitrogens with one attached hydrogen (secondary N) is 1. The first kappa shape index (κ1) is 12.8.